The summed E-state index contributed by atoms with van der Waals surface area (Å²) in [7, 11) is 0. The van der Waals surface area contributed by atoms with E-state index in [1.54, 1.807) is 6.20 Å². The summed E-state index contributed by atoms with van der Waals surface area (Å²) in [6.45, 7) is 0.0395. The molecule has 0 saturated carbocycles. The summed E-state index contributed by atoms with van der Waals surface area (Å²) in [6, 6.07) is 7.55. The molecule has 0 saturated heterocycles. The summed E-state index contributed by atoms with van der Waals surface area (Å²) in [4.78, 5) is 11.2. The van der Waals surface area contributed by atoms with E-state index in [1.807, 2.05) is 36.7 Å². The van der Waals surface area contributed by atoms with E-state index in [-0.39, 0.29) is 12.8 Å². The summed E-state index contributed by atoms with van der Waals surface area (Å²) in [6.07, 6.45) is 7.09. The molecule has 0 bridgehead atoms. The maximum atomic E-state index is 9.17. The molecule has 0 radical (unpaired) electrons. The van der Waals surface area contributed by atoms with Gasteiger partial charge in [-0.25, -0.2) is 9.97 Å². The largest absolute Gasteiger partial charge is 0.471 e. The van der Waals surface area contributed by atoms with Crippen LogP contribution in [0.4, 0.5) is 5.69 Å². The van der Waals surface area contributed by atoms with Crippen molar-refractivity contribution in [1.82, 2.24) is 15.0 Å². The van der Waals surface area contributed by atoms with Gasteiger partial charge in [0.2, 0.25) is 0 Å². The van der Waals surface area contributed by atoms with Crippen LogP contribution in [0.3, 0.4) is 0 Å². The van der Waals surface area contributed by atoms with Gasteiger partial charge in [0.15, 0.2) is 6.23 Å². The number of benzene rings is 1. The molecular formula is C15H16N4O2. The van der Waals surface area contributed by atoms with Crippen LogP contribution in [0.1, 0.15) is 6.42 Å². The number of fused-ring (bicyclic) bond motifs is 1. The number of nitrogens with zero attached hydrogens (tertiary/aromatic N) is 2. The van der Waals surface area contributed by atoms with Crippen LogP contribution < -0.4 is 10.1 Å². The Labute approximate surface area is 121 Å². The van der Waals surface area contributed by atoms with Crippen molar-refractivity contribution in [3.05, 3.63) is 49.2 Å². The van der Waals surface area contributed by atoms with Gasteiger partial charge in [-0.2, -0.15) is 0 Å². The van der Waals surface area contributed by atoms with Gasteiger partial charge in [-0.05, 0) is 18.2 Å². The summed E-state index contributed by atoms with van der Waals surface area (Å²) in [5.74, 6) is 0.697. The molecule has 0 aliphatic carbocycles. The Balaban J connectivity index is 1.76. The number of aliphatic hydroxyl groups is 1. The normalized spacial score (nSPS) is 12.2. The molecule has 1 atom stereocenters. The molecule has 6 heteroatoms. The number of aromatic nitrogens is 3. The molecule has 21 heavy (non-hydrogen) atoms. The smallest absolute Gasteiger partial charge is 0.172 e. The third-order valence-electron chi connectivity index (χ3n) is 3.07. The lowest BCUT2D eigenvalue weighted by Gasteiger charge is -2.20. The van der Waals surface area contributed by atoms with Crippen LogP contribution in [0.15, 0.2) is 49.2 Å². The van der Waals surface area contributed by atoms with Gasteiger partial charge in [0.25, 0.3) is 0 Å². The molecule has 0 aliphatic rings. The minimum atomic E-state index is -0.315. The highest BCUT2D eigenvalue weighted by Crippen LogP contribution is 2.20. The average molecular weight is 284 g/mol. The molecule has 3 N–H and O–H groups in total. The van der Waals surface area contributed by atoms with Crippen LogP contribution in [0, 0.1) is 0 Å². The van der Waals surface area contributed by atoms with Gasteiger partial charge in [0.05, 0.1) is 11.2 Å². The molecule has 1 unspecified atom stereocenters. The molecule has 0 amide bonds. The van der Waals surface area contributed by atoms with Crippen molar-refractivity contribution in [3.63, 3.8) is 0 Å². The molecule has 2 aromatic heterocycles. The van der Waals surface area contributed by atoms with Gasteiger partial charge in [-0.15, -0.1) is 0 Å². The lowest BCUT2D eigenvalue weighted by molar-refractivity contribution is 0.175. The molecule has 6 nitrogen and oxygen atoms in total. The highest BCUT2D eigenvalue weighted by atomic mass is 16.5. The van der Waals surface area contributed by atoms with E-state index >= 15 is 0 Å². The molecule has 3 aromatic rings. The first-order valence-corrected chi connectivity index (χ1v) is 6.72. The Morgan fingerprint density at radius 2 is 2.29 bits per heavy atom. The van der Waals surface area contributed by atoms with Crippen LogP contribution >= 0.6 is 0 Å². The number of aliphatic hydroxyl groups excluding tert-OH is 1. The van der Waals surface area contributed by atoms with Gasteiger partial charge in [-0.1, -0.05) is 0 Å². The first-order valence-electron chi connectivity index (χ1n) is 6.72. The van der Waals surface area contributed by atoms with Gasteiger partial charge < -0.3 is 20.1 Å². The first-order chi connectivity index (χ1) is 10.3. The van der Waals surface area contributed by atoms with E-state index in [0.29, 0.717) is 12.2 Å². The summed E-state index contributed by atoms with van der Waals surface area (Å²) in [5.41, 5.74) is 1.74. The number of hydrogen-bond acceptors (Lipinski definition) is 5. The minimum Gasteiger partial charge on any atom is -0.471 e. The van der Waals surface area contributed by atoms with E-state index in [4.69, 9.17) is 9.84 Å². The molecule has 1 aromatic carbocycles. The average Bonchev–Trinajstić information content (AvgIpc) is 3.00. The summed E-state index contributed by atoms with van der Waals surface area (Å²) >= 11 is 0. The van der Waals surface area contributed by atoms with Crippen molar-refractivity contribution >= 4 is 16.6 Å². The third kappa shape index (κ3) is 3.29. The van der Waals surface area contributed by atoms with Crippen molar-refractivity contribution in [2.24, 2.45) is 0 Å². The topological polar surface area (TPSA) is 83.1 Å². The van der Waals surface area contributed by atoms with Crippen LogP contribution in [-0.4, -0.2) is 32.9 Å². The van der Waals surface area contributed by atoms with Crippen molar-refractivity contribution in [2.45, 2.75) is 12.6 Å². The predicted molar refractivity (Wildman–Crippen MR) is 80.1 cm³/mol. The number of aromatic amines is 1. The van der Waals surface area contributed by atoms with Gasteiger partial charge in [-0.3, -0.25) is 0 Å². The van der Waals surface area contributed by atoms with Crippen molar-refractivity contribution < 1.29 is 9.84 Å². The first kappa shape index (κ1) is 13.4. The highest BCUT2D eigenvalue weighted by Gasteiger charge is 2.10. The number of ether oxygens (including phenoxy) is 1. The van der Waals surface area contributed by atoms with Crippen LogP contribution in [0.2, 0.25) is 0 Å². The van der Waals surface area contributed by atoms with Crippen LogP contribution in [0.25, 0.3) is 10.9 Å². The fourth-order valence-corrected chi connectivity index (χ4v) is 2.07. The number of hydrogen-bond donors (Lipinski definition) is 3. The zero-order valence-corrected chi connectivity index (χ0v) is 11.4. The molecule has 0 fully saturated rings. The fourth-order valence-electron chi connectivity index (χ4n) is 2.07. The van der Waals surface area contributed by atoms with E-state index in [2.05, 4.69) is 20.3 Å². The summed E-state index contributed by atoms with van der Waals surface area (Å²) in [5, 5.41) is 13.3. The lowest BCUT2D eigenvalue weighted by Crippen LogP contribution is -2.27. The van der Waals surface area contributed by atoms with Crippen LogP contribution in [0.5, 0.6) is 5.75 Å². The van der Waals surface area contributed by atoms with E-state index in [0.717, 1.165) is 16.6 Å². The Hall–Kier alpha value is -2.60. The second kappa shape index (κ2) is 6.23. The number of anilines is 1. The number of H-pyrrole nitrogens is 1. The zero-order valence-electron chi connectivity index (χ0n) is 11.4. The van der Waals surface area contributed by atoms with Crippen molar-refractivity contribution in [3.8, 4) is 5.75 Å². The Kier molecular flexibility index (Phi) is 3.97. The number of rotatable bonds is 6. The second-order valence-corrected chi connectivity index (χ2v) is 4.61. The van der Waals surface area contributed by atoms with Gasteiger partial charge in [0.1, 0.15) is 12.1 Å². The molecule has 2 heterocycles. The Bertz CT molecular complexity index is 700. The minimum absolute atomic E-state index is 0.0395. The maximum absolute atomic E-state index is 9.17. The van der Waals surface area contributed by atoms with Gasteiger partial charge >= 0.3 is 0 Å². The van der Waals surface area contributed by atoms with Crippen molar-refractivity contribution in [2.75, 3.05) is 11.9 Å². The third-order valence-corrected chi connectivity index (χ3v) is 3.07. The molecule has 3 rings (SSSR count). The maximum Gasteiger partial charge on any atom is 0.172 e. The zero-order chi connectivity index (χ0) is 14.5. The quantitative estimate of drug-likeness (QED) is 0.604. The fraction of sp³-hybridized carbons (Fsp3) is 0.200. The molecule has 0 spiro atoms. The summed E-state index contributed by atoms with van der Waals surface area (Å²) < 4.78 is 5.89. The highest BCUT2D eigenvalue weighted by molar-refractivity contribution is 5.78. The molecule has 0 aliphatic heterocycles. The Morgan fingerprint density at radius 1 is 1.33 bits per heavy atom. The predicted octanol–water partition coefficient (Wildman–Crippen LogP) is 2.16. The van der Waals surface area contributed by atoms with Gasteiger partial charge in [0, 0.05) is 43.1 Å². The monoisotopic (exact) mass is 284 g/mol. The van der Waals surface area contributed by atoms with E-state index in [9.17, 15) is 0 Å². The van der Waals surface area contributed by atoms with E-state index < -0.39 is 0 Å². The molecular weight excluding hydrogens is 268 g/mol. The lowest BCUT2D eigenvalue weighted by atomic mass is 10.2. The second-order valence-electron chi connectivity index (χ2n) is 4.61. The molecule has 108 valence electrons. The number of nitrogens with one attached hydrogen (secondary N) is 2. The van der Waals surface area contributed by atoms with Crippen LogP contribution in [-0.2, 0) is 0 Å². The van der Waals surface area contributed by atoms with E-state index in [1.165, 1.54) is 6.33 Å². The standard InChI is InChI=1S/C15H16N4O2/c20-6-4-15(19-12-3-5-16-9-12)21-13-2-1-11-8-17-10-18-14(11)7-13/h1-3,5,7-10,15-16,19-20H,4,6H2. The van der Waals surface area contributed by atoms with Crippen molar-refractivity contribution in [1.29, 1.82) is 0 Å². The SMILES string of the molecule is OCCC(Nc1cc[nH]c1)Oc1ccc2cncnc2c1. The Morgan fingerprint density at radius 3 is 3.10 bits per heavy atom.